The van der Waals surface area contributed by atoms with Crippen LogP contribution in [0.3, 0.4) is 0 Å². The Bertz CT molecular complexity index is 399. The number of anilines is 1. The van der Waals surface area contributed by atoms with Gasteiger partial charge in [-0.1, -0.05) is 0 Å². The second-order valence-corrected chi connectivity index (χ2v) is 4.28. The molecule has 4 nitrogen and oxygen atoms in total. The molecule has 0 bridgehead atoms. The number of hydrogen-bond donors (Lipinski definition) is 3. The quantitative estimate of drug-likeness (QED) is 0.534. The topological polar surface area (TPSA) is 67.2 Å². The fraction of sp³-hybridized carbons (Fsp3) is 0.417. The largest absolute Gasteiger partial charge is 0.349 e. The van der Waals surface area contributed by atoms with Crippen molar-refractivity contribution in [1.29, 1.82) is 0 Å². The maximum atomic E-state index is 11.8. The summed E-state index contributed by atoms with van der Waals surface area (Å²) in [6.45, 7) is 1.93. The van der Waals surface area contributed by atoms with E-state index in [1.165, 1.54) is 6.42 Å². The summed E-state index contributed by atoms with van der Waals surface area (Å²) in [7, 11) is 0. The zero-order valence-electron chi connectivity index (χ0n) is 9.42. The van der Waals surface area contributed by atoms with Gasteiger partial charge in [0.15, 0.2) is 0 Å². The number of hydrogen-bond acceptors (Lipinski definition) is 3. The summed E-state index contributed by atoms with van der Waals surface area (Å²) < 4.78 is 0. The molecule has 2 rings (SSSR count). The monoisotopic (exact) mass is 219 g/mol. The first kappa shape index (κ1) is 11.0. The van der Waals surface area contributed by atoms with Crippen LogP contribution in [0.4, 0.5) is 5.69 Å². The van der Waals surface area contributed by atoms with E-state index < -0.39 is 0 Å². The molecule has 86 valence electrons. The smallest absolute Gasteiger partial charge is 0.251 e. The SMILES string of the molecule is Cc1cc(C(=O)NC2CCC2)ccc1NN. The molecule has 0 saturated heterocycles. The standard InChI is InChI=1S/C12H17N3O/c1-8-7-9(5-6-11(8)15-13)12(16)14-10-3-2-4-10/h5-7,10,15H,2-4,13H2,1H3,(H,14,16). The van der Waals surface area contributed by atoms with Crippen LogP contribution in [-0.4, -0.2) is 11.9 Å². The van der Waals surface area contributed by atoms with Gasteiger partial charge in [-0.3, -0.25) is 10.6 Å². The number of amides is 1. The molecule has 4 heteroatoms. The van der Waals surface area contributed by atoms with Crippen LogP contribution in [0, 0.1) is 6.92 Å². The van der Waals surface area contributed by atoms with Crippen molar-refractivity contribution >= 4 is 11.6 Å². The highest BCUT2D eigenvalue weighted by Crippen LogP contribution is 2.20. The first-order valence-corrected chi connectivity index (χ1v) is 5.59. The zero-order valence-corrected chi connectivity index (χ0v) is 9.42. The number of aryl methyl sites for hydroxylation is 1. The molecule has 1 aromatic carbocycles. The number of carbonyl (C=O) groups is 1. The highest BCUT2D eigenvalue weighted by Gasteiger charge is 2.20. The highest BCUT2D eigenvalue weighted by molar-refractivity contribution is 5.95. The molecule has 16 heavy (non-hydrogen) atoms. The Balaban J connectivity index is 2.07. The normalized spacial score (nSPS) is 15.4. The first-order chi connectivity index (χ1) is 7.70. The summed E-state index contributed by atoms with van der Waals surface area (Å²) >= 11 is 0. The van der Waals surface area contributed by atoms with Gasteiger partial charge in [-0.15, -0.1) is 0 Å². The van der Waals surface area contributed by atoms with Gasteiger partial charge >= 0.3 is 0 Å². The van der Waals surface area contributed by atoms with Crippen molar-refractivity contribution in [2.24, 2.45) is 5.84 Å². The van der Waals surface area contributed by atoms with Crippen LogP contribution in [0.2, 0.25) is 0 Å². The molecule has 0 spiro atoms. The second kappa shape index (κ2) is 4.53. The Morgan fingerprint density at radius 1 is 1.44 bits per heavy atom. The third kappa shape index (κ3) is 2.17. The minimum Gasteiger partial charge on any atom is -0.349 e. The summed E-state index contributed by atoms with van der Waals surface area (Å²) in [5.41, 5.74) is 5.11. The number of nitrogens with one attached hydrogen (secondary N) is 2. The van der Waals surface area contributed by atoms with Crippen molar-refractivity contribution in [3.63, 3.8) is 0 Å². The van der Waals surface area contributed by atoms with E-state index in [2.05, 4.69) is 10.7 Å². The van der Waals surface area contributed by atoms with E-state index >= 15 is 0 Å². The molecule has 0 atom stereocenters. The van der Waals surface area contributed by atoms with Crippen LogP contribution in [0.1, 0.15) is 35.2 Å². The van der Waals surface area contributed by atoms with Crippen LogP contribution in [0.15, 0.2) is 18.2 Å². The summed E-state index contributed by atoms with van der Waals surface area (Å²) in [5, 5.41) is 3.01. The Morgan fingerprint density at radius 2 is 2.19 bits per heavy atom. The van der Waals surface area contributed by atoms with Crippen molar-refractivity contribution in [2.45, 2.75) is 32.2 Å². The lowest BCUT2D eigenvalue weighted by atomic mass is 9.93. The van der Waals surface area contributed by atoms with Crippen LogP contribution in [0.5, 0.6) is 0 Å². The summed E-state index contributed by atoms with van der Waals surface area (Å²) in [6.07, 6.45) is 3.43. The van der Waals surface area contributed by atoms with Crippen LogP contribution in [-0.2, 0) is 0 Å². The average molecular weight is 219 g/mol. The predicted molar refractivity (Wildman–Crippen MR) is 64.1 cm³/mol. The van der Waals surface area contributed by atoms with Crippen LogP contribution in [0.25, 0.3) is 0 Å². The Labute approximate surface area is 95.2 Å². The number of nitrogens with two attached hydrogens (primary N) is 1. The first-order valence-electron chi connectivity index (χ1n) is 5.59. The number of hydrazine groups is 1. The molecule has 0 radical (unpaired) electrons. The fourth-order valence-corrected chi connectivity index (χ4v) is 1.79. The van der Waals surface area contributed by atoms with E-state index in [0.29, 0.717) is 11.6 Å². The summed E-state index contributed by atoms with van der Waals surface area (Å²) in [4.78, 5) is 11.8. The number of nitrogen functional groups attached to an aromatic ring is 1. The van der Waals surface area contributed by atoms with Gasteiger partial charge in [0.2, 0.25) is 0 Å². The van der Waals surface area contributed by atoms with Crippen molar-refractivity contribution in [2.75, 3.05) is 5.43 Å². The molecule has 0 aromatic heterocycles. The summed E-state index contributed by atoms with van der Waals surface area (Å²) in [5.74, 6) is 5.35. The van der Waals surface area contributed by atoms with E-state index in [0.717, 1.165) is 24.1 Å². The van der Waals surface area contributed by atoms with Gasteiger partial charge in [0.1, 0.15) is 0 Å². The molecule has 0 unspecified atom stereocenters. The molecule has 0 aliphatic heterocycles. The number of benzene rings is 1. The maximum Gasteiger partial charge on any atom is 0.251 e. The van der Waals surface area contributed by atoms with Crippen molar-refractivity contribution in [3.8, 4) is 0 Å². The Hall–Kier alpha value is -1.55. The van der Waals surface area contributed by atoms with Crippen molar-refractivity contribution in [3.05, 3.63) is 29.3 Å². The minimum absolute atomic E-state index is 0.0105. The number of carbonyl (C=O) groups excluding carboxylic acids is 1. The van der Waals surface area contributed by atoms with Crippen molar-refractivity contribution < 1.29 is 4.79 Å². The lowest BCUT2D eigenvalue weighted by Crippen LogP contribution is -2.39. The summed E-state index contributed by atoms with van der Waals surface area (Å²) in [6, 6.07) is 5.84. The highest BCUT2D eigenvalue weighted by atomic mass is 16.1. The van der Waals surface area contributed by atoms with E-state index in [9.17, 15) is 4.79 Å². The third-order valence-electron chi connectivity index (χ3n) is 3.08. The molecule has 1 aliphatic rings. The lowest BCUT2D eigenvalue weighted by molar-refractivity contribution is 0.0917. The fourth-order valence-electron chi connectivity index (χ4n) is 1.79. The molecule has 4 N–H and O–H groups in total. The molecular weight excluding hydrogens is 202 g/mol. The Kier molecular flexibility index (Phi) is 3.10. The predicted octanol–water partition coefficient (Wildman–Crippen LogP) is 1.56. The van der Waals surface area contributed by atoms with E-state index in [4.69, 9.17) is 5.84 Å². The average Bonchev–Trinajstić information content (AvgIpc) is 2.23. The van der Waals surface area contributed by atoms with Crippen LogP contribution < -0.4 is 16.6 Å². The minimum atomic E-state index is 0.0105. The van der Waals surface area contributed by atoms with E-state index in [1.54, 1.807) is 6.07 Å². The van der Waals surface area contributed by atoms with Gasteiger partial charge in [-0.05, 0) is 49.9 Å². The molecule has 1 saturated carbocycles. The lowest BCUT2D eigenvalue weighted by Gasteiger charge is -2.26. The number of rotatable bonds is 3. The molecule has 1 fully saturated rings. The van der Waals surface area contributed by atoms with Gasteiger partial charge in [0, 0.05) is 11.6 Å². The maximum absolute atomic E-state index is 11.8. The van der Waals surface area contributed by atoms with Gasteiger partial charge < -0.3 is 10.7 Å². The molecule has 1 aromatic rings. The Morgan fingerprint density at radius 3 is 2.69 bits per heavy atom. The van der Waals surface area contributed by atoms with E-state index in [-0.39, 0.29) is 5.91 Å². The second-order valence-electron chi connectivity index (χ2n) is 4.28. The van der Waals surface area contributed by atoms with Gasteiger partial charge in [0.05, 0.1) is 5.69 Å². The van der Waals surface area contributed by atoms with Gasteiger partial charge in [0.25, 0.3) is 5.91 Å². The van der Waals surface area contributed by atoms with Gasteiger partial charge in [-0.2, -0.15) is 0 Å². The van der Waals surface area contributed by atoms with Crippen LogP contribution >= 0.6 is 0 Å². The molecule has 1 aliphatic carbocycles. The molecule has 0 heterocycles. The third-order valence-corrected chi connectivity index (χ3v) is 3.08. The van der Waals surface area contributed by atoms with Crippen molar-refractivity contribution in [1.82, 2.24) is 5.32 Å². The van der Waals surface area contributed by atoms with Gasteiger partial charge in [-0.25, -0.2) is 0 Å². The molecule has 1 amide bonds. The van der Waals surface area contributed by atoms with E-state index in [1.807, 2.05) is 19.1 Å². The zero-order chi connectivity index (χ0) is 11.5. The molecular formula is C12H17N3O.